The smallest absolute Gasteiger partial charge is 0.255 e. The zero-order chi connectivity index (χ0) is 15.8. The predicted molar refractivity (Wildman–Crippen MR) is 94.3 cm³/mol. The highest BCUT2D eigenvalue weighted by molar-refractivity contribution is 6.30. The zero-order valence-electron chi connectivity index (χ0n) is 12.7. The molecule has 0 atom stereocenters. The molecular formula is C19H17ClN2O. The molecule has 0 unspecified atom stereocenters. The molecule has 4 rings (SSSR count). The van der Waals surface area contributed by atoms with Gasteiger partial charge < -0.3 is 10.3 Å². The van der Waals surface area contributed by atoms with Crippen molar-refractivity contribution in [2.75, 3.05) is 5.32 Å². The highest BCUT2D eigenvalue weighted by atomic mass is 35.5. The molecule has 1 amide bonds. The Kier molecular flexibility index (Phi) is 3.58. The van der Waals surface area contributed by atoms with Gasteiger partial charge in [-0.3, -0.25) is 4.79 Å². The van der Waals surface area contributed by atoms with Gasteiger partial charge in [-0.15, -0.1) is 0 Å². The Balaban J connectivity index is 1.64. The van der Waals surface area contributed by atoms with Gasteiger partial charge in [0.05, 0.1) is 0 Å². The monoisotopic (exact) mass is 324 g/mol. The first kappa shape index (κ1) is 14.3. The molecular weight excluding hydrogens is 308 g/mol. The molecule has 0 spiro atoms. The third-order valence-electron chi connectivity index (χ3n) is 4.46. The number of anilines is 1. The fourth-order valence-electron chi connectivity index (χ4n) is 3.29. The van der Waals surface area contributed by atoms with Crippen molar-refractivity contribution in [1.82, 2.24) is 4.98 Å². The minimum Gasteiger partial charge on any atom is -0.358 e. The maximum atomic E-state index is 12.3. The Morgan fingerprint density at radius 2 is 1.83 bits per heavy atom. The van der Waals surface area contributed by atoms with E-state index in [0.29, 0.717) is 10.6 Å². The van der Waals surface area contributed by atoms with Crippen LogP contribution in [-0.2, 0) is 12.8 Å². The van der Waals surface area contributed by atoms with Crippen molar-refractivity contribution >= 4 is 34.1 Å². The maximum absolute atomic E-state index is 12.3. The number of carbonyl (C=O) groups excluding carboxylic acids is 1. The number of carbonyl (C=O) groups is 1. The second kappa shape index (κ2) is 5.74. The number of halogens is 1. The van der Waals surface area contributed by atoms with Crippen LogP contribution in [0.4, 0.5) is 5.69 Å². The molecule has 116 valence electrons. The number of amides is 1. The molecule has 3 aromatic rings. The lowest BCUT2D eigenvalue weighted by Crippen LogP contribution is -2.11. The number of aryl methyl sites for hydroxylation is 2. The first-order valence-corrected chi connectivity index (χ1v) is 8.29. The van der Waals surface area contributed by atoms with E-state index in [1.807, 2.05) is 12.1 Å². The van der Waals surface area contributed by atoms with Crippen LogP contribution in [0.2, 0.25) is 5.02 Å². The van der Waals surface area contributed by atoms with E-state index in [4.69, 9.17) is 11.6 Å². The quantitative estimate of drug-likeness (QED) is 0.688. The van der Waals surface area contributed by atoms with Gasteiger partial charge in [0, 0.05) is 32.9 Å². The van der Waals surface area contributed by atoms with Crippen molar-refractivity contribution in [1.29, 1.82) is 0 Å². The molecule has 1 aromatic heterocycles. The zero-order valence-corrected chi connectivity index (χ0v) is 13.4. The standard InChI is InChI=1S/C19H17ClN2O/c20-13-7-5-12(6-8-13)19(23)21-14-9-10-18-16(11-14)15-3-1-2-4-17(15)22-18/h5-11,22H,1-4H2,(H,21,23). The summed E-state index contributed by atoms with van der Waals surface area (Å²) >= 11 is 5.86. The molecule has 1 aliphatic rings. The van der Waals surface area contributed by atoms with Crippen LogP contribution in [0.15, 0.2) is 42.5 Å². The Morgan fingerprint density at radius 3 is 2.65 bits per heavy atom. The number of hydrogen-bond donors (Lipinski definition) is 2. The van der Waals surface area contributed by atoms with Gasteiger partial charge in [-0.05, 0) is 73.7 Å². The molecule has 1 heterocycles. The van der Waals surface area contributed by atoms with E-state index >= 15 is 0 Å². The SMILES string of the molecule is O=C(Nc1ccc2[nH]c3c(c2c1)CCCC3)c1ccc(Cl)cc1. The average molecular weight is 325 g/mol. The first-order valence-electron chi connectivity index (χ1n) is 7.91. The molecule has 2 N–H and O–H groups in total. The molecule has 2 aromatic carbocycles. The highest BCUT2D eigenvalue weighted by Gasteiger charge is 2.16. The summed E-state index contributed by atoms with van der Waals surface area (Å²) in [6.07, 6.45) is 4.72. The molecule has 4 heteroatoms. The minimum absolute atomic E-state index is 0.120. The molecule has 3 nitrogen and oxygen atoms in total. The fraction of sp³-hybridized carbons (Fsp3) is 0.211. The van der Waals surface area contributed by atoms with Crippen LogP contribution in [0.25, 0.3) is 10.9 Å². The van der Waals surface area contributed by atoms with E-state index in [-0.39, 0.29) is 5.91 Å². The van der Waals surface area contributed by atoms with Crippen molar-refractivity contribution in [2.45, 2.75) is 25.7 Å². The van der Waals surface area contributed by atoms with E-state index in [1.54, 1.807) is 24.3 Å². The second-order valence-electron chi connectivity index (χ2n) is 6.01. The fourth-order valence-corrected chi connectivity index (χ4v) is 3.41. The first-order chi connectivity index (χ1) is 11.2. The lowest BCUT2D eigenvalue weighted by atomic mass is 9.95. The van der Waals surface area contributed by atoms with E-state index in [9.17, 15) is 4.79 Å². The molecule has 0 bridgehead atoms. The Hall–Kier alpha value is -2.26. The predicted octanol–water partition coefficient (Wildman–Crippen LogP) is 4.95. The summed E-state index contributed by atoms with van der Waals surface area (Å²) in [4.78, 5) is 15.8. The van der Waals surface area contributed by atoms with Crippen LogP contribution in [0.1, 0.15) is 34.5 Å². The van der Waals surface area contributed by atoms with Crippen LogP contribution in [0.3, 0.4) is 0 Å². The number of H-pyrrole nitrogens is 1. The minimum atomic E-state index is -0.120. The summed E-state index contributed by atoms with van der Waals surface area (Å²) in [7, 11) is 0. The highest BCUT2D eigenvalue weighted by Crippen LogP contribution is 2.30. The summed E-state index contributed by atoms with van der Waals surface area (Å²) in [5.41, 5.74) is 5.35. The Morgan fingerprint density at radius 1 is 1.04 bits per heavy atom. The maximum Gasteiger partial charge on any atom is 0.255 e. The molecule has 0 saturated heterocycles. The summed E-state index contributed by atoms with van der Waals surface area (Å²) in [5.74, 6) is -0.120. The van der Waals surface area contributed by atoms with Gasteiger partial charge in [0.25, 0.3) is 5.91 Å². The number of rotatable bonds is 2. The number of benzene rings is 2. The molecule has 0 radical (unpaired) electrons. The number of aromatic amines is 1. The van der Waals surface area contributed by atoms with Gasteiger partial charge in [0.15, 0.2) is 0 Å². The molecule has 0 fully saturated rings. The second-order valence-corrected chi connectivity index (χ2v) is 6.45. The number of nitrogens with one attached hydrogen (secondary N) is 2. The van der Waals surface area contributed by atoms with Crippen LogP contribution in [0.5, 0.6) is 0 Å². The lowest BCUT2D eigenvalue weighted by Gasteiger charge is -2.11. The third kappa shape index (κ3) is 2.73. The lowest BCUT2D eigenvalue weighted by molar-refractivity contribution is 0.102. The summed E-state index contributed by atoms with van der Waals surface area (Å²) in [6.45, 7) is 0. The largest absolute Gasteiger partial charge is 0.358 e. The molecule has 0 aliphatic heterocycles. The van der Waals surface area contributed by atoms with Gasteiger partial charge in [-0.1, -0.05) is 11.6 Å². The van der Waals surface area contributed by atoms with Crippen molar-refractivity contribution in [3.8, 4) is 0 Å². The van der Waals surface area contributed by atoms with Crippen molar-refractivity contribution in [3.63, 3.8) is 0 Å². The Labute approximate surface area is 139 Å². The third-order valence-corrected chi connectivity index (χ3v) is 4.71. The van der Waals surface area contributed by atoms with Gasteiger partial charge in [-0.2, -0.15) is 0 Å². The van der Waals surface area contributed by atoms with Crippen molar-refractivity contribution < 1.29 is 4.79 Å². The van der Waals surface area contributed by atoms with E-state index in [1.165, 1.54) is 29.5 Å². The molecule has 23 heavy (non-hydrogen) atoms. The number of aromatic nitrogens is 1. The van der Waals surface area contributed by atoms with Gasteiger partial charge in [-0.25, -0.2) is 0 Å². The topological polar surface area (TPSA) is 44.9 Å². The van der Waals surface area contributed by atoms with Gasteiger partial charge >= 0.3 is 0 Å². The molecule has 1 aliphatic carbocycles. The van der Waals surface area contributed by atoms with Crippen LogP contribution in [0, 0.1) is 0 Å². The Bertz CT molecular complexity index is 880. The summed E-state index contributed by atoms with van der Waals surface area (Å²) in [5, 5.41) is 4.83. The van der Waals surface area contributed by atoms with Crippen LogP contribution in [-0.4, -0.2) is 10.9 Å². The van der Waals surface area contributed by atoms with Crippen molar-refractivity contribution in [3.05, 3.63) is 64.3 Å². The summed E-state index contributed by atoms with van der Waals surface area (Å²) in [6, 6.07) is 13.0. The van der Waals surface area contributed by atoms with E-state index in [0.717, 1.165) is 24.0 Å². The molecule has 0 saturated carbocycles. The van der Waals surface area contributed by atoms with Crippen molar-refractivity contribution in [2.24, 2.45) is 0 Å². The normalized spacial score (nSPS) is 13.8. The van der Waals surface area contributed by atoms with Crippen LogP contribution < -0.4 is 5.32 Å². The van der Waals surface area contributed by atoms with Gasteiger partial charge in [0.2, 0.25) is 0 Å². The van der Waals surface area contributed by atoms with Crippen LogP contribution >= 0.6 is 11.6 Å². The average Bonchev–Trinajstić information content (AvgIpc) is 2.93. The van der Waals surface area contributed by atoms with E-state index < -0.39 is 0 Å². The van der Waals surface area contributed by atoms with Gasteiger partial charge in [0.1, 0.15) is 0 Å². The number of hydrogen-bond acceptors (Lipinski definition) is 1. The summed E-state index contributed by atoms with van der Waals surface area (Å²) < 4.78 is 0. The number of fused-ring (bicyclic) bond motifs is 3. The van der Waals surface area contributed by atoms with E-state index in [2.05, 4.69) is 16.4 Å².